The van der Waals surface area contributed by atoms with Crippen molar-refractivity contribution in [3.63, 3.8) is 0 Å². The Balaban J connectivity index is 1.89. The maximum atomic E-state index is 12.7. The third-order valence-corrected chi connectivity index (χ3v) is 4.28. The van der Waals surface area contributed by atoms with Crippen molar-refractivity contribution in [1.82, 2.24) is 9.78 Å². The fourth-order valence-electron chi connectivity index (χ4n) is 2.94. The van der Waals surface area contributed by atoms with Gasteiger partial charge in [-0.3, -0.25) is 9.48 Å². The highest BCUT2D eigenvalue weighted by atomic mass is 16.6. The van der Waals surface area contributed by atoms with Gasteiger partial charge in [0.15, 0.2) is 0 Å². The van der Waals surface area contributed by atoms with Crippen molar-refractivity contribution in [2.75, 3.05) is 12.4 Å². The molecule has 0 saturated heterocycles. The van der Waals surface area contributed by atoms with Crippen LogP contribution in [-0.2, 0) is 11.9 Å². The van der Waals surface area contributed by atoms with Gasteiger partial charge in [0, 0.05) is 24.5 Å². The molecule has 3 rings (SSSR count). The number of oxime groups is 1. The van der Waals surface area contributed by atoms with Crippen molar-refractivity contribution in [2.45, 2.75) is 13.8 Å². The van der Waals surface area contributed by atoms with Crippen molar-refractivity contribution in [2.24, 2.45) is 12.2 Å². The molecule has 0 aliphatic rings. The number of carbonyl (C=O) groups is 1. The van der Waals surface area contributed by atoms with Gasteiger partial charge in [-0.1, -0.05) is 47.6 Å². The van der Waals surface area contributed by atoms with Crippen LogP contribution in [0.1, 0.15) is 28.5 Å². The molecule has 6 heteroatoms. The second kappa shape index (κ2) is 7.86. The Morgan fingerprint density at radius 1 is 1.15 bits per heavy atom. The Labute approximate surface area is 158 Å². The molecular formula is C21H22N4O2. The standard InChI is InChI=1S/C21H22N4O2/c1-14(24-27-4)16-9-11-17(12-10-16)18-7-5-6-8-20(18)22-21(26)19-13-25(3)23-15(19)2/h5-13H,1-4H3,(H,22,26). The lowest BCUT2D eigenvalue weighted by atomic mass is 10.0. The Bertz CT molecular complexity index is 988. The Kier molecular flexibility index (Phi) is 5.35. The van der Waals surface area contributed by atoms with Crippen molar-refractivity contribution < 1.29 is 9.63 Å². The molecule has 0 aliphatic carbocycles. The highest BCUT2D eigenvalue weighted by molar-refractivity contribution is 6.07. The molecule has 0 fully saturated rings. The number of rotatable bonds is 5. The highest BCUT2D eigenvalue weighted by Gasteiger charge is 2.14. The summed E-state index contributed by atoms with van der Waals surface area (Å²) in [5.41, 5.74) is 5.74. The SMILES string of the molecule is CON=C(C)c1ccc(-c2ccccc2NC(=O)c2cn(C)nc2C)cc1. The van der Waals surface area contributed by atoms with Gasteiger partial charge < -0.3 is 10.2 Å². The predicted octanol–water partition coefficient (Wildman–Crippen LogP) is 4.02. The van der Waals surface area contributed by atoms with E-state index in [-0.39, 0.29) is 5.91 Å². The third-order valence-electron chi connectivity index (χ3n) is 4.28. The van der Waals surface area contributed by atoms with E-state index in [1.165, 1.54) is 7.11 Å². The first-order valence-electron chi connectivity index (χ1n) is 8.58. The number of carbonyl (C=O) groups excluding carboxylic acids is 1. The summed E-state index contributed by atoms with van der Waals surface area (Å²) in [5.74, 6) is -0.173. The van der Waals surface area contributed by atoms with E-state index in [0.717, 1.165) is 28.1 Å². The number of hydrogen-bond donors (Lipinski definition) is 1. The highest BCUT2D eigenvalue weighted by Crippen LogP contribution is 2.28. The van der Waals surface area contributed by atoms with Gasteiger partial charge in [0.25, 0.3) is 5.91 Å². The molecule has 0 spiro atoms. The van der Waals surface area contributed by atoms with Gasteiger partial charge >= 0.3 is 0 Å². The van der Waals surface area contributed by atoms with Gasteiger partial charge in [-0.25, -0.2) is 0 Å². The van der Waals surface area contributed by atoms with Crippen molar-refractivity contribution >= 4 is 17.3 Å². The molecule has 2 aromatic carbocycles. The molecule has 27 heavy (non-hydrogen) atoms. The minimum absolute atomic E-state index is 0.173. The molecule has 0 aliphatic heterocycles. The summed E-state index contributed by atoms with van der Waals surface area (Å²) in [7, 11) is 3.33. The normalized spacial score (nSPS) is 11.3. The number of anilines is 1. The molecule has 0 unspecified atom stereocenters. The number of amides is 1. The summed E-state index contributed by atoms with van der Waals surface area (Å²) in [4.78, 5) is 17.5. The molecule has 6 nitrogen and oxygen atoms in total. The first-order chi connectivity index (χ1) is 13.0. The number of aromatic nitrogens is 2. The maximum absolute atomic E-state index is 12.7. The third kappa shape index (κ3) is 4.06. The van der Waals surface area contributed by atoms with E-state index in [4.69, 9.17) is 4.84 Å². The van der Waals surface area contributed by atoms with E-state index in [0.29, 0.717) is 11.3 Å². The molecule has 0 radical (unpaired) electrons. The molecule has 1 heterocycles. The first kappa shape index (κ1) is 18.4. The predicted molar refractivity (Wildman–Crippen MR) is 107 cm³/mol. The van der Waals surface area contributed by atoms with E-state index in [9.17, 15) is 4.79 Å². The minimum Gasteiger partial charge on any atom is -0.399 e. The Morgan fingerprint density at radius 2 is 1.85 bits per heavy atom. The summed E-state index contributed by atoms with van der Waals surface area (Å²) in [6.07, 6.45) is 1.72. The topological polar surface area (TPSA) is 68.5 Å². The minimum atomic E-state index is -0.173. The van der Waals surface area contributed by atoms with Gasteiger partial charge in [-0.05, 0) is 31.0 Å². The Morgan fingerprint density at radius 3 is 2.48 bits per heavy atom. The van der Waals surface area contributed by atoms with E-state index in [1.807, 2.05) is 62.4 Å². The molecule has 1 amide bonds. The number of nitrogens with one attached hydrogen (secondary N) is 1. The summed E-state index contributed by atoms with van der Waals surface area (Å²) in [5, 5.41) is 11.2. The zero-order chi connectivity index (χ0) is 19.4. The molecular weight excluding hydrogens is 340 g/mol. The van der Waals surface area contributed by atoms with Crippen LogP contribution in [0.3, 0.4) is 0 Å². The summed E-state index contributed by atoms with van der Waals surface area (Å²) in [6.45, 7) is 3.71. The quantitative estimate of drug-likeness (QED) is 0.551. The molecule has 1 N–H and O–H groups in total. The van der Waals surface area contributed by atoms with Crippen LogP contribution in [0.2, 0.25) is 0 Å². The van der Waals surface area contributed by atoms with E-state index >= 15 is 0 Å². The van der Waals surface area contributed by atoms with Crippen LogP contribution in [0.5, 0.6) is 0 Å². The number of hydrogen-bond acceptors (Lipinski definition) is 4. The van der Waals surface area contributed by atoms with Gasteiger partial charge in [-0.2, -0.15) is 5.10 Å². The second-order valence-corrected chi connectivity index (χ2v) is 6.24. The zero-order valence-electron chi connectivity index (χ0n) is 15.9. The van der Waals surface area contributed by atoms with Crippen LogP contribution in [-0.4, -0.2) is 28.5 Å². The molecule has 138 valence electrons. The van der Waals surface area contributed by atoms with Crippen LogP contribution in [0, 0.1) is 6.92 Å². The van der Waals surface area contributed by atoms with Gasteiger partial charge in [0.2, 0.25) is 0 Å². The average molecular weight is 362 g/mol. The van der Waals surface area contributed by atoms with Crippen molar-refractivity contribution in [1.29, 1.82) is 0 Å². The fraction of sp³-hybridized carbons (Fsp3) is 0.190. The monoisotopic (exact) mass is 362 g/mol. The van der Waals surface area contributed by atoms with Crippen LogP contribution < -0.4 is 5.32 Å². The van der Waals surface area contributed by atoms with E-state index in [2.05, 4.69) is 15.6 Å². The van der Waals surface area contributed by atoms with Crippen LogP contribution in [0.4, 0.5) is 5.69 Å². The summed E-state index contributed by atoms with van der Waals surface area (Å²) >= 11 is 0. The second-order valence-electron chi connectivity index (χ2n) is 6.24. The lowest BCUT2D eigenvalue weighted by molar-refractivity contribution is 0.102. The van der Waals surface area contributed by atoms with Crippen LogP contribution in [0.25, 0.3) is 11.1 Å². The zero-order valence-corrected chi connectivity index (χ0v) is 15.9. The number of nitrogens with zero attached hydrogens (tertiary/aromatic N) is 3. The fourth-order valence-corrected chi connectivity index (χ4v) is 2.94. The summed E-state index contributed by atoms with van der Waals surface area (Å²) < 4.78 is 1.64. The Hall–Kier alpha value is -3.41. The van der Waals surface area contributed by atoms with Crippen LogP contribution >= 0.6 is 0 Å². The number of benzene rings is 2. The van der Waals surface area contributed by atoms with E-state index < -0.39 is 0 Å². The molecule has 0 atom stereocenters. The van der Waals surface area contributed by atoms with Crippen LogP contribution in [0.15, 0.2) is 59.9 Å². The number of aryl methyl sites for hydroxylation is 2. The lowest BCUT2D eigenvalue weighted by Gasteiger charge is -2.11. The largest absolute Gasteiger partial charge is 0.399 e. The first-order valence-corrected chi connectivity index (χ1v) is 8.58. The smallest absolute Gasteiger partial charge is 0.259 e. The summed E-state index contributed by atoms with van der Waals surface area (Å²) in [6, 6.07) is 15.7. The molecule has 0 saturated carbocycles. The van der Waals surface area contributed by atoms with Gasteiger partial charge in [-0.15, -0.1) is 0 Å². The molecule has 0 bridgehead atoms. The molecule has 1 aromatic heterocycles. The lowest BCUT2D eigenvalue weighted by Crippen LogP contribution is -2.13. The van der Waals surface area contributed by atoms with Gasteiger partial charge in [0.1, 0.15) is 7.11 Å². The average Bonchev–Trinajstić information content (AvgIpc) is 3.01. The van der Waals surface area contributed by atoms with Crippen molar-refractivity contribution in [3.05, 3.63) is 71.5 Å². The van der Waals surface area contributed by atoms with E-state index in [1.54, 1.807) is 17.9 Å². The van der Waals surface area contributed by atoms with Crippen molar-refractivity contribution in [3.8, 4) is 11.1 Å². The molecule has 3 aromatic rings. The maximum Gasteiger partial charge on any atom is 0.259 e. The number of para-hydroxylation sites is 1. The van der Waals surface area contributed by atoms with Gasteiger partial charge in [0.05, 0.1) is 17.0 Å².